The number of rotatable bonds is 3. The van der Waals surface area contributed by atoms with Gasteiger partial charge in [-0.2, -0.15) is 0 Å². The van der Waals surface area contributed by atoms with Gasteiger partial charge in [0.25, 0.3) is 5.91 Å². The zero-order valence-corrected chi connectivity index (χ0v) is 15.3. The van der Waals surface area contributed by atoms with Crippen LogP contribution >= 0.6 is 11.3 Å². The first-order valence-corrected chi connectivity index (χ1v) is 9.18. The molecule has 4 aromatic rings. The topological polar surface area (TPSA) is 54.9 Å². The van der Waals surface area contributed by atoms with Crippen molar-refractivity contribution < 1.29 is 4.79 Å². The van der Waals surface area contributed by atoms with Crippen molar-refractivity contribution in [2.75, 3.05) is 5.32 Å². The molecular weight excluding hydrogens is 342 g/mol. The summed E-state index contributed by atoms with van der Waals surface area (Å²) in [7, 11) is 0. The number of para-hydroxylation sites is 1. The van der Waals surface area contributed by atoms with Crippen molar-refractivity contribution in [3.8, 4) is 11.3 Å². The van der Waals surface area contributed by atoms with Crippen LogP contribution in [0.5, 0.6) is 0 Å². The van der Waals surface area contributed by atoms with E-state index < -0.39 is 0 Å². The first-order valence-electron chi connectivity index (χ1n) is 8.30. The van der Waals surface area contributed by atoms with Gasteiger partial charge in [-0.05, 0) is 38.1 Å². The molecule has 0 aliphatic rings. The van der Waals surface area contributed by atoms with Gasteiger partial charge < -0.3 is 5.32 Å². The molecule has 2 aromatic carbocycles. The molecule has 0 unspecified atom stereocenters. The van der Waals surface area contributed by atoms with Crippen LogP contribution in [0.3, 0.4) is 0 Å². The number of nitrogens with one attached hydrogen (secondary N) is 1. The SMILES string of the molecule is Cc1cc(C(=O)Nc2ccc(-c3csc(C)n3)cc2)c2ccccc2n1. The molecule has 0 aliphatic heterocycles. The fourth-order valence-corrected chi connectivity index (χ4v) is 3.54. The Balaban J connectivity index is 1.61. The van der Waals surface area contributed by atoms with E-state index in [1.807, 2.05) is 73.8 Å². The normalized spacial score (nSPS) is 10.8. The van der Waals surface area contributed by atoms with Gasteiger partial charge in [-0.25, -0.2) is 4.98 Å². The molecule has 0 atom stereocenters. The van der Waals surface area contributed by atoms with Crippen molar-refractivity contribution >= 4 is 33.8 Å². The Labute approximate surface area is 155 Å². The lowest BCUT2D eigenvalue weighted by molar-refractivity contribution is 0.102. The first-order chi connectivity index (χ1) is 12.6. The monoisotopic (exact) mass is 359 g/mol. The lowest BCUT2D eigenvalue weighted by Crippen LogP contribution is -2.13. The second-order valence-corrected chi connectivity index (χ2v) is 7.17. The van der Waals surface area contributed by atoms with Crippen LogP contribution in [0.1, 0.15) is 21.1 Å². The summed E-state index contributed by atoms with van der Waals surface area (Å²) in [5.74, 6) is -0.135. The van der Waals surface area contributed by atoms with E-state index in [-0.39, 0.29) is 5.91 Å². The Morgan fingerprint density at radius 2 is 1.77 bits per heavy atom. The third-order valence-corrected chi connectivity index (χ3v) is 4.92. The standard InChI is InChI=1S/C21H17N3OS/c1-13-11-18(17-5-3-4-6-19(17)22-13)21(25)24-16-9-7-15(8-10-16)20-12-26-14(2)23-20/h3-12H,1-2H3,(H,24,25). The number of aromatic nitrogens is 2. The average Bonchev–Trinajstić information content (AvgIpc) is 3.08. The Morgan fingerprint density at radius 3 is 2.50 bits per heavy atom. The molecule has 1 amide bonds. The summed E-state index contributed by atoms with van der Waals surface area (Å²) >= 11 is 1.63. The van der Waals surface area contributed by atoms with Gasteiger partial charge in [0, 0.05) is 27.7 Å². The van der Waals surface area contributed by atoms with Gasteiger partial charge in [-0.15, -0.1) is 11.3 Å². The molecular formula is C21H17N3OS. The molecule has 26 heavy (non-hydrogen) atoms. The Hall–Kier alpha value is -3.05. The molecule has 4 nitrogen and oxygen atoms in total. The van der Waals surface area contributed by atoms with Crippen molar-refractivity contribution in [2.24, 2.45) is 0 Å². The van der Waals surface area contributed by atoms with E-state index in [2.05, 4.69) is 15.3 Å². The van der Waals surface area contributed by atoms with E-state index in [0.717, 1.165) is 38.5 Å². The summed E-state index contributed by atoms with van der Waals surface area (Å²) in [6.07, 6.45) is 0. The minimum absolute atomic E-state index is 0.135. The zero-order valence-electron chi connectivity index (χ0n) is 14.5. The number of amides is 1. The number of thiazole rings is 1. The highest BCUT2D eigenvalue weighted by atomic mass is 32.1. The zero-order chi connectivity index (χ0) is 18.1. The molecule has 2 heterocycles. The second-order valence-electron chi connectivity index (χ2n) is 6.11. The van der Waals surface area contributed by atoms with E-state index in [0.29, 0.717) is 5.56 Å². The van der Waals surface area contributed by atoms with E-state index >= 15 is 0 Å². The summed E-state index contributed by atoms with van der Waals surface area (Å²) < 4.78 is 0. The van der Waals surface area contributed by atoms with Crippen molar-refractivity contribution in [3.05, 3.63) is 76.2 Å². The highest BCUT2D eigenvalue weighted by Crippen LogP contribution is 2.24. The molecule has 128 valence electrons. The molecule has 0 spiro atoms. The molecule has 0 saturated heterocycles. The number of anilines is 1. The average molecular weight is 359 g/mol. The van der Waals surface area contributed by atoms with E-state index in [1.165, 1.54) is 0 Å². The van der Waals surface area contributed by atoms with Crippen molar-refractivity contribution in [1.29, 1.82) is 0 Å². The van der Waals surface area contributed by atoms with Crippen molar-refractivity contribution in [2.45, 2.75) is 13.8 Å². The predicted octanol–water partition coefficient (Wildman–Crippen LogP) is 5.23. The maximum atomic E-state index is 12.8. The second kappa shape index (κ2) is 6.69. The summed E-state index contributed by atoms with van der Waals surface area (Å²) in [5, 5.41) is 6.90. The Bertz CT molecular complexity index is 1100. The molecule has 5 heteroatoms. The number of aryl methyl sites for hydroxylation is 2. The molecule has 0 fully saturated rings. The highest BCUT2D eigenvalue weighted by Gasteiger charge is 2.12. The molecule has 0 radical (unpaired) electrons. The van der Waals surface area contributed by atoms with E-state index in [4.69, 9.17) is 0 Å². The minimum Gasteiger partial charge on any atom is -0.322 e. The van der Waals surface area contributed by atoms with Crippen molar-refractivity contribution in [3.63, 3.8) is 0 Å². The molecule has 0 aliphatic carbocycles. The molecule has 2 aromatic heterocycles. The third kappa shape index (κ3) is 3.21. The maximum absolute atomic E-state index is 12.8. The van der Waals surface area contributed by atoms with Crippen molar-refractivity contribution in [1.82, 2.24) is 9.97 Å². The molecule has 0 saturated carbocycles. The summed E-state index contributed by atoms with van der Waals surface area (Å²) in [6.45, 7) is 3.89. The van der Waals surface area contributed by atoms with Crippen LogP contribution < -0.4 is 5.32 Å². The fourth-order valence-electron chi connectivity index (χ4n) is 2.91. The summed E-state index contributed by atoms with van der Waals surface area (Å²) in [4.78, 5) is 21.8. The highest BCUT2D eigenvalue weighted by molar-refractivity contribution is 7.09. The number of hydrogen-bond donors (Lipinski definition) is 1. The third-order valence-electron chi connectivity index (χ3n) is 4.15. The largest absolute Gasteiger partial charge is 0.322 e. The maximum Gasteiger partial charge on any atom is 0.256 e. The Kier molecular flexibility index (Phi) is 4.22. The lowest BCUT2D eigenvalue weighted by Gasteiger charge is -2.09. The number of carbonyl (C=O) groups excluding carboxylic acids is 1. The van der Waals surface area contributed by atoms with Crippen LogP contribution in [0.25, 0.3) is 22.2 Å². The van der Waals surface area contributed by atoms with E-state index in [1.54, 1.807) is 11.3 Å². The van der Waals surface area contributed by atoms with Crippen LogP contribution in [-0.4, -0.2) is 15.9 Å². The van der Waals surface area contributed by atoms with Gasteiger partial charge >= 0.3 is 0 Å². The lowest BCUT2D eigenvalue weighted by atomic mass is 10.1. The number of hydrogen-bond acceptors (Lipinski definition) is 4. The molecule has 4 rings (SSSR count). The van der Waals surface area contributed by atoms with Gasteiger partial charge in [-0.1, -0.05) is 30.3 Å². The van der Waals surface area contributed by atoms with Crippen LogP contribution in [-0.2, 0) is 0 Å². The Morgan fingerprint density at radius 1 is 1.00 bits per heavy atom. The summed E-state index contributed by atoms with van der Waals surface area (Å²) in [5.41, 5.74) is 5.03. The van der Waals surface area contributed by atoms with Crippen LogP contribution in [0, 0.1) is 13.8 Å². The first kappa shape index (κ1) is 16.4. The smallest absolute Gasteiger partial charge is 0.256 e. The fraction of sp³-hybridized carbons (Fsp3) is 0.0952. The van der Waals surface area contributed by atoms with Crippen LogP contribution in [0.15, 0.2) is 60.0 Å². The summed E-state index contributed by atoms with van der Waals surface area (Å²) in [6, 6.07) is 17.3. The number of fused-ring (bicyclic) bond motifs is 1. The number of benzene rings is 2. The minimum atomic E-state index is -0.135. The number of carbonyl (C=O) groups is 1. The van der Waals surface area contributed by atoms with Gasteiger partial charge in [0.2, 0.25) is 0 Å². The van der Waals surface area contributed by atoms with Crippen LogP contribution in [0.2, 0.25) is 0 Å². The number of nitrogens with zero attached hydrogens (tertiary/aromatic N) is 2. The van der Waals surface area contributed by atoms with E-state index in [9.17, 15) is 4.79 Å². The van der Waals surface area contributed by atoms with Gasteiger partial charge in [0.05, 0.1) is 21.8 Å². The van der Waals surface area contributed by atoms with Crippen LogP contribution in [0.4, 0.5) is 5.69 Å². The van der Waals surface area contributed by atoms with Gasteiger partial charge in [0.15, 0.2) is 0 Å². The molecule has 0 bridgehead atoms. The molecule has 1 N–H and O–H groups in total. The van der Waals surface area contributed by atoms with Gasteiger partial charge in [0.1, 0.15) is 0 Å². The van der Waals surface area contributed by atoms with Gasteiger partial charge in [-0.3, -0.25) is 9.78 Å². The number of pyridine rings is 1. The predicted molar refractivity (Wildman–Crippen MR) is 107 cm³/mol. The quantitative estimate of drug-likeness (QED) is 0.545.